The van der Waals surface area contributed by atoms with E-state index < -0.39 is 0 Å². The van der Waals surface area contributed by atoms with Crippen molar-refractivity contribution in [3.8, 4) is 0 Å². The third kappa shape index (κ3) is 3.45. The first-order valence-corrected chi connectivity index (χ1v) is 7.42. The minimum absolute atomic E-state index is 0.332. The van der Waals surface area contributed by atoms with Gasteiger partial charge in [0.05, 0.1) is 5.69 Å². The third-order valence-corrected chi connectivity index (χ3v) is 3.84. The molecule has 19 heavy (non-hydrogen) atoms. The molecule has 0 amide bonds. The van der Waals surface area contributed by atoms with Crippen molar-refractivity contribution in [2.45, 2.75) is 32.7 Å². The normalized spacial score (nSPS) is 12.6. The number of nitrogens with two attached hydrogens (primary N) is 1. The van der Waals surface area contributed by atoms with E-state index in [9.17, 15) is 0 Å². The van der Waals surface area contributed by atoms with Crippen LogP contribution in [0.2, 0.25) is 0 Å². The summed E-state index contributed by atoms with van der Waals surface area (Å²) in [4.78, 5) is 0. The number of hydrogen-bond donors (Lipinski definition) is 1. The van der Waals surface area contributed by atoms with E-state index in [4.69, 9.17) is 5.73 Å². The SMILES string of the molecule is CCn1nc(C)cc1CC(CN)c1cccc(Br)c1. The fraction of sp³-hybridized carbons (Fsp3) is 0.400. The zero-order valence-electron chi connectivity index (χ0n) is 11.4. The van der Waals surface area contributed by atoms with E-state index in [0.717, 1.165) is 23.1 Å². The van der Waals surface area contributed by atoms with E-state index in [2.05, 4.69) is 56.9 Å². The predicted molar refractivity (Wildman–Crippen MR) is 82.3 cm³/mol. The molecule has 0 radical (unpaired) electrons. The van der Waals surface area contributed by atoms with Crippen LogP contribution in [0.1, 0.15) is 29.8 Å². The second-order valence-electron chi connectivity index (χ2n) is 4.78. The van der Waals surface area contributed by atoms with Gasteiger partial charge in [-0.2, -0.15) is 5.10 Å². The number of benzene rings is 1. The van der Waals surface area contributed by atoms with Crippen LogP contribution in [-0.4, -0.2) is 16.3 Å². The number of rotatable bonds is 5. The number of halogens is 1. The van der Waals surface area contributed by atoms with Crippen molar-refractivity contribution in [1.82, 2.24) is 9.78 Å². The van der Waals surface area contributed by atoms with Crippen LogP contribution >= 0.6 is 15.9 Å². The average molecular weight is 322 g/mol. The maximum Gasteiger partial charge on any atom is 0.0596 e. The van der Waals surface area contributed by atoms with Gasteiger partial charge in [-0.05, 0) is 50.6 Å². The van der Waals surface area contributed by atoms with Crippen LogP contribution in [0.4, 0.5) is 0 Å². The summed E-state index contributed by atoms with van der Waals surface area (Å²) in [6, 6.07) is 10.5. The van der Waals surface area contributed by atoms with Crippen molar-refractivity contribution in [2.24, 2.45) is 5.73 Å². The molecule has 102 valence electrons. The Bertz CT molecular complexity index is 548. The molecule has 2 aromatic rings. The first-order valence-electron chi connectivity index (χ1n) is 6.63. The molecule has 2 rings (SSSR count). The van der Waals surface area contributed by atoms with Crippen molar-refractivity contribution >= 4 is 15.9 Å². The smallest absolute Gasteiger partial charge is 0.0596 e. The molecule has 0 aliphatic carbocycles. The van der Waals surface area contributed by atoms with Gasteiger partial charge in [-0.3, -0.25) is 4.68 Å². The molecule has 1 aromatic heterocycles. The van der Waals surface area contributed by atoms with Crippen LogP contribution < -0.4 is 5.73 Å². The summed E-state index contributed by atoms with van der Waals surface area (Å²) in [5.74, 6) is 0.332. The fourth-order valence-electron chi connectivity index (χ4n) is 2.39. The van der Waals surface area contributed by atoms with E-state index in [1.807, 2.05) is 13.0 Å². The lowest BCUT2D eigenvalue weighted by atomic mass is 9.94. The molecule has 0 saturated heterocycles. The van der Waals surface area contributed by atoms with Gasteiger partial charge in [0, 0.05) is 22.6 Å². The molecule has 0 aliphatic rings. The Labute approximate surface area is 122 Å². The summed E-state index contributed by atoms with van der Waals surface area (Å²) < 4.78 is 3.17. The maximum atomic E-state index is 5.96. The predicted octanol–water partition coefficient (Wildman–Crippen LogP) is 3.26. The molecular weight excluding hydrogens is 302 g/mol. The molecular formula is C15H20BrN3. The first kappa shape index (κ1) is 14.3. The highest BCUT2D eigenvalue weighted by Gasteiger charge is 2.14. The summed E-state index contributed by atoms with van der Waals surface area (Å²) in [6.07, 6.45) is 0.932. The van der Waals surface area contributed by atoms with Crippen LogP contribution in [0.5, 0.6) is 0 Å². The summed E-state index contributed by atoms with van der Waals surface area (Å²) in [5.41, 5.74) is 9.56. The molecule has 4 heteroatoms. The van der Waals surface area contributed by atoms with Crippen molar-refractivity contribution in [2.75, 3.05) is 6.54 Å². The molecule has 0 bridgehead atoms. The molecule has 1 aromatic carbocycles. The van der Waals surface area contributed by atoms with Gasteiger partial charge < -0.3 is 5.73 Å². The van der Waals surface area contributed by atoms with E-state index in [1.165, 1.54) is 11.3 Å². The molecule has 0 spiro atoms. The Morgan fingerprint density at radius 3 is 2.79 bits per heavy atom. The number of hydrogen-bond acceptors (Lipinski definition) is 2. The molecule has 0 fully saturated rings. The Hall–Kier alpha value is -1.13. The van der Waals surface area contributed by atoms with Gasteiger partial charge in [0.25, 0.3) is 0 Å². The Morgan fingerprint density at radius 1 is 1.37 bits per heavy atom. The van der Waals surface area contributed by atoms with E-state index in [0.29, 0.717) is 12.5 Å². The molecule has 1 unspecified atom stereocenters. The van der Waals surface area contributed by atoms with Gasteiger partial charge in [0.15, 0.2) is 0 Å². The highest BCUT2D eigenvalue weighted by atomic mass is 79.9. The zero-order valence-corrected chi connectivity index (χ0v) is 13.0. The van der Waals surface area contributed by atoms with Crippen LogP contribution in [0, 0.1) is 6.92 Å². The maximum absolute atomic E-state index is 5.96. The van der Waals surface area contributed by atoms with Gasteiger partial charge in [-0.25, -0.2) is 0 Å². The lowest BCUT2D eigenvalue weighted by Crippen LogP contribution is -2.17. The van der Waals surface area contributed by atoms with Gasteiger partial charge in [-0.15, -0.1) is 0 Å². The van der Waals surface area contributed by atoms with Gasteiger partial charge in [0.1, 0.15) is 0 Å². The summed E-state index contributed by atoms with van der Waals surface area (Å²) in [5, 5.41) is 4.49. The van der Waals surface area contributed by atoms with Crippen LogP contribution in [0.3, 0.4) is 0 Å². The van der Waals surface area contributed by atoms with Crippen molar-refractivity contribution in [3.05, 3.63) is 51.8 Å². The topological polar surface area (TPSA) is 43.8 Å². The molecule has 1 atom stereocenters. The second-order valence-corrected chi connectivity index (χ2v) is 5.70. The van der Waals surface area contributed by atoms with Crippen LogP contribution in [0.15, 0.2) is 34.8 Å². The number of aromatic nitrogens is 2. The van der Waals surface area contributed by atoms with Gasteiger partial charge in [-0.1, -0.05) is 28.1 Å². The summed E-state index contributed by atoms with van der Waals surface area (Å²) in [7, 11) is 0. The molecule has 2 N–H and O–H groups in total. The average Bonchev–Trinajstić information content (AvgIpc) is 2.76. The van der Waals surface area contributed by atoms with Crippen molar-refractivity contribution < 1.29 is 0 Å². The third-order valence-electron chi connectivity index (χ3n) is 3.35. The molecule has 3 nitrogen and oxygen atoms in total. The zero-order chi connectivity index (χ0) is 13.8. The minimum Gasteiger partial charge on any atom is -0.330 e. The van der Waals surface area contributed by atoms with Crippen LogP contribution in [-0.2, 0) is 13.0 Å². The van der Waals surface area contributed by atoms with Gasteiger partial charge >= 0.3 is 0 Å². The Morgan fingerprint density at radius 2 is 2.16 bits per heavy atom. The number of nitrogens with zero attached hydrogens (tertiary/aromatic N) is 2. The van der Waals surface area contributed by atoms with Crippen LogP contribution in [0.25, 0.3) is 0 Å². The lowest BCUT2D eigenvalue weighted by Gasteiger charge is -2.16. The summed E-state index contributed by atoms with van der Waals surface area (Å²) >= 11 is 3.52. The standard InChI is InChI=1S/C15H20BrN3/c1-3-19-15(7-11(2)18-19)9-13(10-17)12-5-4-6-14(16)8-12/h4-8,13H,3,9-10,17H2,1-2H3. The first-order chi connectivity index (χ1) is 9.13. The quantitative estimate of drug-likeness (QED) is 0.918. The molecule has 1 heterocycles. The lowest BCUT2D eigenvalue weighted by molar-refractivity contribution is 0.583. The number of aryl methyl sites for hydroxylation is 2. The van der Waals surface area contributed by atoms with Crippen molar-refractivity contribution in [3.63, 3.8) is 0 Å². The highest BCUT2D eigenvalue weighted by molar-refractivity contribution is 9.10. The monoisotopic (exact) mass is 321 g/mol. The van der Waals surface area contributed by atoms with E-state index in [-0.39, 0.29) is 0 Å². The minimum atomic E-state index is 0.332. The molecule has 0 aliphatic heterocycles. The summed E-state index contributed by atoms with van der Waals surface area (Å²) in [6.45, 7) is 5.70. The van der Waals surface area contributed by atoms with Gasteiger partial charge in [0.2, 0.25) is 0 Å². The Balaban J connectivity index is 2.23. The van der Waals surface area contributed by atoms with E-state index >= 15 is 0 Å². The second kappa shape index (κ2) is 6.35. The fourth-order valence-corrected chi connectivity index (χ4v) is 2.80. The largest absolute Gasteiger partial charge is 0.330 e. The van der Waals surface area contributed by atoms with Crippen molar-refractivity contribution in [1.29, 1.82) is 0 Å². The molecule has 0 saturated carbocycles. The Kier molecular flexibility index (Phi) is 4.77. The van der Waals surface area contributed by atoms with E-state index in [1.54, 1.807) is 0 Å². The highest BCUT2D eigenvalue weighted by Crippen LogP contribution is 2.23.